The number of rotatable bonds is 5. The summed E-state index contributed by atoms with van der Waals surface area (Å²) in [6.45, 7) is 0. The van der Waals surface area contributed by atoms with Crippen LogP contribution in [0.5, 0.6) is 23.0 Å². The van der Waals surface area contributed by atoms with Crippen molar-refractivity contribution in [3.05, 3.63) is 82.4 Å². The van der Waals surface area contributed by atoms with E-state index in [1.807, 2.05) is 59.6 Å². The van der Waals surface area contributed by atoms with Gasteiger partial charge in [-0.1, -0.05) is 35.9 Å². The fourth-order valence-corrected chi connectivity index (χ4v) is 4.41. The highest BCUT2D eigenvalue weighted by atomic mass is 35.5. The van der Waals surface area contributed by atoms with E-state index in [2.05, 4.69) is 6.07 Å². The molecule has 0 unspecified atom stereocenters. The number of para-hydroxylation sites is 1. The summed E-state index contributed by atoms with van der Waals surface area (Å²) in [6.07, 6.45) is 0.294. The predicted octanol–water partition coefficient (Wildman–Crippen LogP) is 5.61. The van der Waals surface area contributed by atoms with E-state index in [0.717, 1.165) is 34.6 Å². The second kappa shape index (κ2) is 8.28. The number of halogens is 1. The van der Waals surface area contributed by atoms with Crippen molar-refractivity contribution in [2.45, 2.75) is 18.7 Å². The molecule has 0 radical (unpaired) electrons. The summed E-state index contributed by atoms with van der Waals surface area (Å²) in [4.78, 5) is 0. The van der Waals surface area contributed by atoms with Gasteiger partial charge in [0.25, 0.3) is 0 Å². The van der Waals surface area contributed by atoms with Crippen LogP contribution < -0.4 is 18.9 Å². The van der Waals surface area contributed by atoms with Gasteiger partial charge in [0.2, 0.25) is 6.23 Å². The van der Waals surface area contributed by atoms with E-state index in [4.69, 9.17) is 35.6 Å². The lowest BCUT2D eigenvalue weighted by atomic mass is 9.95. The van der Waals surface area contributed by atoms with E-state index in [1.165, 1.54) is 0 Å². The lowest BCUT2D eigenvalue weighted by molar-refractivity contribution is -0.0210. The maximum absolute atomic E-state index is 6.51. The van der Waals surface area contributed by atoms with Crippen molar-refractivity contribution >= 4 is 17.3 Å². The van der Waals surface area contributed by atoms with E-state index in [0.29, 0.717) is 22.3 Å². The summed E-state index contributed by atoms with van der Waals surface area (Å²) in [6, 6.07) is 19.5. The molecule has 0 amide bonds. The molecule has 2 aliphatic rings. The SMILES string of the molecule is COc1ccc([C@H]2Oc3c(OC)cccc3[C@H]3CC(c4ccc(Cl)cc4)=NN32)cc1OC. The van der Waals surface area contributed by atoms with Crippen LogP contribution in [-0.2, 0) is 0 Å². The Kier molecular flexibility index (Phi) is 5.31. The molecule has 0 aliphatic carbocycles. The van der Waals surface area contributed by atoms with Crippen LogP contribution in [0.25, 0.3) is 0 Å². The first-order valence-electron chi connectivity index (χ1n) is 10.3. The minimum Gasteiger partial charge on any atom is -0.493 e. The molecular weight excluding hydrogens is 428 g/mol. The molecule has 0 saturated heterocycles. The number of hydrazone groups is 1. The number of hydrogen-bond donors (Lipinski definition) is 0. The molecule has 5 rings (SSSR count). The van der Waals surface area contributed by atoms with Crippen LogP contribution in [0, 0.1) is 0 Å². The number of nitrogens with zero attached hydrogens (tertiary/aromatic N) is 2. The highest BCUT2D eigenvalue weighted by molar-refractivity contribution is 6.30. The van der Waals surface area contributed by atoms with Crippen LogP contribution in [0.3, 0.4) is 0 Å². The van der Waals surface area contributed by atoms with E-state index < -0.39 is 6.23 Å². The first-order chi connectivity index (χ1) is 15.6. The molecule has 164 valence electrons. The van der Waals surface area contributed by atoms with Gasteiger partial charge in [0.1, 0.15) is 0 Å². The standard InChI is InChI=1S/C25H23ClN2O4/c1-29-21-12-9-16(13-23(21)31-3)25-28-20(18-5-4-6-22(30-2)24(18)32-25)14-19(27-28)15-7-10-17(26)11-8-15/h4-13,20,25H,14H2,1-3H3/t20-,25-/m1/s1. The topological polar surface area (TPSA) is 52.5 Å². The summed E-state index contributed by atoms with van der Waals surface area (Å²) >= 11 is 6.09. The maximum Gasteiger partial charge on any atom is 0.214 e. The first-order valence-corrected chi connectivity index (χ1v) is 10.7. The van der Waals surface area contributed by atoms with Crippen molar-refractivity contribution in [2.24, 2.45) is 5.10 Å². The summed E-state index contributed by atoms with van der Waals surface area (Å²) in [5.74, 6) is 2.74. The lowest BCUT2D eigenvalue weighted by Gasteiger charge is -2.38. The normalized spacial score (nSPS) is 18.9. The molecule has 0 bridgehead atoms. The monoisotopic (exact) mass is 450 g/mol. The molecular formula is C25H23ClN2O4. The molecule has 0 N–H and O–H groups in total. The van der Waals surface area contributed by atoms with Gasteiger partial charge in [0.05, 0.1) is 33.1 Å². The fraction of sp³-hybridized carbons (Fsp3) is 0.240. The Labute approximate surface area is 191 Å². The van der Waals surface area contributed by atoms with Crippen molar-refractivity contribution < 1.29 is 18.9 Å². The van der Waals surface area contributed by atoms with Crippen LogP contribution >= 0.6 is 11.6 Å². The molecule has 0 saturated carbocycles. The van der Waals surface area contributed by atoms with E-state index >= 15 is 0 Å². The zero-order valence-electron chi connectivity index (χ0n) is 18.0. The highest BCUT2D eigenvalue weighted by Gasteiger charge is 2.42. The van der Waals surface area contributed by atoms with Crippen LogP contribution in [0.15, 0.2) is 65.8 Å². The minimum absolute atomic E-state index is 0.0117. The van der Waals surface area contributed by atoms with Crippen LogP contribution in [0.2, 0.25) is 5.02 Å². The molecule has 2 aliphatic heterocycles. The van der Waals surface area contributed by atoms with Crippen molar-refractivity contribution in [1.82, 2.24) is 5.01 Å². The van der Waals surface area contributed by atoms with Crippen LogP contribution in [0.4, 0.5) is 0 Å². The largest absolute Gasteiger partial charge is 0.493 e. The molecule has 3 aromatic rings. The molecule has 6 nitrogen and oxygen atoms in total. The first kappa shape index (κ1) is 20.5. The third kappa shape index (κ3) is 3.41. The van der Waals surface area contributed by atoms with Crippen molar-refractivity contribution in [3.8, 4) is 23.0 Å². The van der Waals surface area contributed by atoms with Gasteiger partial charge < -0.3 is 18.9 Å². The Balaban J connectivity index is 1.62. The van der Waals surface area contributed by atoms with Crippen molar-refractivity contribution in [2.75, 3.05) is 21.3 Å². The van der Waals surface area contributed by atoms with E-state index in [9.17, 15) is 0 Å². The summed E-state index contributed by atoms with van der Waals surface area (Å²) in [5, 5.41) is 7.71. The van der Waals surface area contributed by atoms with Crippen LogP contribution in [-0.4, -0.2) is 32.0 Å². The van der Waals surface area contributed by atoms with Gasteiger partial charge in [0, 0.05) is 22.6 Å². The molecule has 32 heavy (non-hydrogen) atoms. The fourth-order valence-electron chi connectivity index (χ4n) is 4.29. The Hall–Kier alpha value is -3.38. The molecule has 2 heterocycles. The number of hydrogen-bond acceptors (Lipinski definition) is 6. The van der Waals surface area contributed by atoms with E-state index in [-0.39, 0.29) is 6.04 Å². The Morgan fingerprint density at radius 3 is 2.38 bits per heavy atom. The summed E-state index contributed by atoms with van der Waals surface area (Å²) < 4.78 is 23.0. The predicted molar refractivity (Wildman–Crippen MR) is 123 cm³/mol. The number of methoxy groups -OCH3 is 3. The number of benzene rings is 3. The van der Waals surface area contributed by atoms with E-state index in [1.54, 1.807) is 21.3 Å². The lowest BCUT2D eigenvalue weighted by Crippen LogP contribution is -2.33. The minimum atomic E-state index is -0.451. The van der Waals surface area contributed by atoms with Gasteiger partial charge >= 0.3 is 0 Å². The zero-order valence-corrected chi connectivity index (χ0v) is 18.8. The average molecular weight is 451 g/mol. The molecule has 0 fully saturated rings. The van der Waals surface area contributed by atoms with Crippen molar-refractivity contribution in [3.63, 3.8) is 0 Å². The maximum atomic E-state index is 6.51. The smallest absolute Gasteiger partial charge is 0.214 e. The summed E-state index contributed by atoms with van der Waals surface area (Å²) in [5.41, 5.74) is 3.98. The van der Waals surface area contributed by atoms with Gasteiger partial charge in [-0.2, -0.15) is 5.10 Å². The van der Waals surface area contributed by atoms with Gasteiger partial charge in [-0.25, -0.2) is 5.01 Å². The molecule has 2 atom stereocenters. The van der Waals surface area contributed by atoms with Gasteiger partial charge in [-0.05, 0) is 42.0 Å². The Morgan fingerprint density at radius 1 is 0.906 bits per heavy atom. The number of fused-ring (bicyclic) bond motifs is 3. The van der Waals surface area contributed by atoms with Crippen LogP contribution in [0.1, 0.15) is 35.4 Å². The zero-order chi connectivity index (χ0) is 22.2. The second-order valence-corrected chi connectivity index (χ2v) is 8.05. The third-order valence-corrected chi connectivity index (χ3v) is 6.12. The second-order valence-electron chi connectivity index (χ2n) is 7.62. The van der Waals surface area contributed by atoms with Gasteiger partial charge in [0.15, 0.2) is 23.0 Å². The number of ether oxygens (including phenoxy) is 4. The van der Waals surface area contributed by atoms with Crippen molar-refractivity contribution in [1.29, 1.82) is 0 Å². The average Bonchev–Trinajstić information content (AvgIpc) is 3.29. The molecule has 7 heteroatoms. The van der Waals surface area contributed by atoms with Gasteiger partial charge in [-0.3, -0.25) is 0 Å². The quantitative estimate of drug-likeness (QED) is 0.505. The van der Waals surface area contributed by atoms with Gasteiger partial charge in [-0.15, -0.1) is 0 Å². The highest BCUT2D eigenvalue weighted by Crippen LogP contribution is 2.51. The third-order valence-electron chi connectivity index (χ3n) is 5.87. The molecule has 3 aromatic carbocycles. The molecule has 0 spiro atoms. The Bertz CT molecular complexity index is 1180. The summed E-state index contributed by atoms with van der Waals surface area (Å²) in [7, 11) is 4.90. The molecule has 0 aromatic heterocycles. The Morgan fingerprint density at radius 2 is 1.66 bits per heavy atom.